The van der Waals surface area contributed by atoms with Gasteiger partial charge in [0.05, 0.1) is 13.2 Å². The van der Waals surface area contributed by atoms with Gasteiger partial charge in [-0.1, -0.05) is 47.6 Å². The normalized spacial score (nSPS) is 19.6. The summed E-state index contributed by atoms with van der Waals surface area (Å²) in [6, 6.07) is 0. The summed E-state index contributed by atoms with van der Waals surface area (Å²) in [5.74, 6) is 2.47. The van der Waals surface area contributed by atoms with Gasteiger partial charge in [-0.25, -0.2) is 0 Å². The number of ketones is 1. The van der Waals surface area contributed by atoms with Crippen molar-refractivity contribution >= 4 is 25.7 Å². The van der Waals surface area contributed by atoms with Gasteiger partial charge in [0.2, 0.25) is 0 Å². The summed E-state index contributed by atoms with van der Waals surface area (Å²) in [5.41, 5.74) is 4.61. The number of aliphatic hydroxyl groups is 2. The van der Waals surface area contributed by atoms with E-state index in [4.69, 9.17) is 38.4 Å². The lowest BCUT2D eigenvalue weighted by Gasteiger charge is -2.45. The fourth-order valence-corrected chi connectivity index (χ4v) is 4.93. The maximum Gasteiger partial charge on any atom is 0.373 e. The fourth-order valence-electron chi connectivity index (χ4n) is 3.49. The summed E-state index contributed by atoms with van der Waals surface area (Å²) in [6.07, 6.45) is 7.85. The van der Waals surface area contributed by atoms with Crippen LogP contribution in [-0.2, 0) is 37.6 Å². The SMILES string of the molecule is CC/C=C/P(=O)(OCC)OCC.CC1(C)C(=O)CC1CO.CCC=C=C1CC(CO)C1(C)C.O=C=O.O=C=O. The van der Waals surface area contributed by atoms with Crippen LogP contribution in [0.3, 0.4) is 0 Å². The second kappa shape index (κ2) is 22.6. The molecule has 0 heterocycles. The number of rotatable bonds is 9. The fraction of sp³-hybridized carbons (Fsp3) is 0.714. The van der Waals surface area contributed by atoms with Crippen LogP contribution in [0, 0.1) is 22.7 Å². The van der Waals surface area contributed by atoms with Crippen molar-refractivity contribution in [1.29, 1.82) is 0 Å². The van der Waals surface area contributed by atoms with Crippen molar-refractivity contribution in [2.24, 2.45) is 22.7 Å². The largest absolute Gasteiger partial charge is 0.396 e. The van der Waals surface area contributed by atoms with Crippen molar-refractivity contribution in [3.8, 4) is 0 Å². The maximum atomic E-state index is 11.6. The quantitative estimate of drug-likeness (QED) is 0.279. The zero-order valence-electron chi connectivity index (χ0n) is 24.7. The molecule has 0 saturated heterocycles. The van der Waals surface area contributed by atoms with Crippen molar-refractivity contribution in [2.45, 2.75) is 81.1 Å². The number of hydrogen-bond donors (Lipinski definition) is 2. The lowest BCUT2D eigenvalue weighted by atomic mass is 9.59. The van der Waals surface area contributed by atoms with Gasteiger partial charge in [0.15, 0.2) is 0 Å². The highest BCUT2D eigenvalue weighted by atomic mass is 31.2. The summed E-state index contributed by atoms with van der Waals surface area (Å²) in [4.78, 5) is 43.3. The van der Waals surface area contributed by atoms with E-state index in [2.05, 4.69) is 32.6 Å². The van der Waals surface area contributed by atoms with E-state index < -0.39 is 7.60 Å². The second-order valence-corrected chi connectivity index (χ2v) is 11.5. The molecule has 2 aliphatic carbocycles. The predicted octanol–water partition coefficient (Wildman–Crippen LogP) is 5.12. The summed E-state index contributed by atoms with van der Waals surface area (Å²) in [5, 5.41) is 17.7. The highest BCUT2D eigenvalue weighted by Crippen LogP contribution is 2.50. The molecule has 10 nitrogen and oxygen atoms in total. The molecular weight excluding hydrogens is 527 g/mol. The van der Waals surface area contributed by atoms with Gasteiger partial charge < -0.3 is 19.3 Å². The number of aliphatic hydroxyl groups excluding tert-OH is 2. The zero-order chi connectivity index (χ0) is 31.1. The predicted molar refractivity (Wildman–Crippen MR) is 145 cm³/mol. The van der Waals surface area contributed by atoms with Gasteiger partial charge in [0.25, 0.3) is 0 Å². The van der Waals surface area contributed by atoms with E-state index in [0.717, 1.165) is 19.3 Å². The van der Waals surface area contributed by atoms with E-state index in [-0.39, 0.29) is 41.4 Å². The first-order chi connectivity index (χ1) is 18.2. The highest BCUT2D eigenvalue weighted by molar-refractivity contribution is 7.57. The van der Waals surface area contributed by atoms with Gasteiger partial charge in [-0.2, -0.15) is 19.2 Å². The number of allylic oxidation sites excluding steroid dienone is 2. The molecule has 0 aromatic heterocycles. The van der Waals surface area contributed by atoms with Crippen LogP contribution in [0.25, 0.3) is 0 Å². The summed E-state index contributed by atoms with van der Waals surface area (Å²) in [6.45, 7) is 17.1. The molecule has 0 aromatic carbocycles. The van der Waals surface area contributed by atoms with E-state index in [9.17, 15) is 9.36 Å². The van der Waals surface area contributed by atoms with Crippen LogP contribution in [0.2, 0.25) is 0 Å². The Balaban J connectivity index is -0.000000455. The topological polar surface area (TPSA) is 161 Å². The number of carbonyl (C=O) groups is 1. The maximum absolute atomic E-state index is 11.6. The Morgan fingerprint density at radius 1 is 0.846 bits per heavy atom. The Kier molecular flexibility index (Phi) is 23.9. The lowest BCUT2D eigenvalue weighted by molar-refractivity contribution is -0.193. The monoisotopic (exact) mass is 574 g/mol. The van der Waals surface area contributed by atoms with Gasteiger partial charge in [0.1, 0.15) is 5.78 Å². The molecule has 2 fully saturated rings. The molecule has 0 aromatic rings. The van der Waals surface area contributed by atoms with Crippen LogP contribution in [0.4, 0.5) is 0 Å². The Morgan fingerprint density at radius 2 is 1.28 bits per heavy atom. The standard InChI is InChI=1S/C11H18O.C8H17O3P.C7H12O2.2CO2/c1-4-5-6-9-7-10(8-12)11(9,2)3;1-4-7-8-12(9,10-5-2)11-6-3;1-7(2)5(4-8)3-6(7)9;2*2-1-3/h5,10,12H,4,7-8H2,1-3H3;7-8H,4-6H2,1-3H3;5,8H,3-4H2,1-2H3;;/b;8-7+;;;. The second-order valence-electron chi connectivity index (χ2n) is 9.60. The van der Waals surface area contributed by atoms with Crippen LogP contribution < -0.4 is 0 Å². The van der Waals surface area contributed by atoms with E-state index in [1.165, 1.54) is 11.4 Å². The van der Waals surface area contributed by atoms with Crippen molar-refractivity contribution in [2.75, 3.05) is 26.4 Å². The highest BCUT2D eigenvalue weighted by Gasteiger charge is 2.46. The minimum atomic E-state index is -2.92. The van der Waals surface area contributed by atoms with Crippen molar-refractivity contribution in [1.82, 2.24) is 0 Å². The van der Waals surface area contributed by atoms with Crippen LogP contribution in [-0.4, -0.2) is 54.7 Å². The summed E-state index contributed by atoms with van der Waals surface area (Å²) in [7, 11) is -2.92. The molecule has 0 bridgehead atoms. The van der Waals surface area contributed by atoms with E-state index in [1.54, 1.807) is 19.9 Å². The Labute approximate surface area is 233 Å². The molecule has 0 spiro atoms. The number of hydrogen-bond acceptors (Lipinski definition) is 10. The first-order valence-electron chi connectivity index (χ1n) is 13.0. The molecule has 0 radical (unpaired) electrons. The average molecular weight is 575 g/mol. The lowest BCUT2D eigenvalue weighted by Crippen LogP contribution is -2.47. The van der Waals surface area contributed by atoms with Crippen molar-refractivity contribution < 1.29 is 47.8 Å². The molecule has 2 rings (SSSR count). The van der Waals surface area contributed by atoms with Crippen LogP contribution in [0.5, 0.6) is 0 Å². The van der Waals surface area contributed by atoms with Crippen molar-refractivity contribution in [3.63, 3.8) is 0 Å². The molecule has 11 heteroatoms. The zero-order valence-corrected chi connectivity index (χ0v) is 25.5. The van der Waals surface area contributed by atoms with E-state index >= 15 is 0 Å². The molecule has 0 aliphatic heterocycles. The molecule has 224 valence electrons. The van der Waals surface area contributed by atoms with Crippen LogP contribution in [0.15, 0.2) is 29.3 Å². The molecular formula is C28H47O10P. The first-order valence-corrected chi connectivity index (χ1v) is 14.6. The van der Waals surface area contributed by atoms with E-state index in [1.807, 2.05) is 20.8 Å². The molecule has 39 heavy (non-hydrogen) atoms. The Morgan fingerprint density at radius 3 is 1.54 bits per heavy atom. The smallest absolute Gasteiger partial charge is 0.373 e. The number of carbonyl (C=O) groups excluding carboxylic acids is 5. The molecule has 0 amide bonds. The van der Waals surface area contributed by atoms with Crippen LogP contribution in [0.1, 0.15) is 81.1 Å². The third-order valence-electron chi connectivity index (χ3n) is 6.48. The van der Waals surface area contributed by atoms with Gasteiger partial charge in [0, 0.05) is 36.8 Å². The summed E-state index contributed by atoms with van der Waals surface area (Å²) >= 11 is 0. The van der Waals surface area contributed by atoms with Gasteiger partial charge in [-0.15, -0.1) is 5.73 Å². The third kappa shape index (κ3) is 15.8. The minimum Gasteiger partial charge on any atom is -0.396 e. The summed E-state index contributed by atoms with van der Waals surface area (Å²) < 4.78 is 21.7. The average Bonchev–Trinajstić information content (AvgIpc) is 2.87. The van der Waals surface area contributed by atoms with Gasteiger partial charge in [-0.3, -0.25) is 9.36 Å². The molecule has 2 unspecified atom stereocenters. The van der Waals surface area contributed by atoms with Crippen molar-refractivity contribution in [3.05, 3.63) is 29.3 Å². The van der Waals surface area contributed by atoms with Crippen LogP contribution >= 0.6 is 7.60 Å². The third-order valence-corrected chi connectivity index (χ3v) is 8.30. The van der Waals surface area contributed by atoms with Gasteiger partial charge in [-0.05, 0) is 56.1 Å². The Hall–Kier alpha value is -2.24. The van der Waals surface area contributed by atoms with E-state index in [0.29, 0.717) is 32.2 Å². The molecule has 2 atom stereocenters. The van der Waals surface area contributed by atoms with Gasteiger partial charge >= 0.3 is 19.9 Å². The molecule has 2 aliphatic rings. The minimum absolute atomic E-state index is 0.152. The molecule has 2 saturated carbocycles. The Bertz CT molecular complexity index is 879. The first kappa shape index (κ1) is 41.2. The molecule has 2 N–H and O–H groups in total. The number of Topliss-reactive ketones (excluding diaryl/α,β-unsaturated/α-hetero) is 1.